The van der Waals surface area contributed by atoms with Crippen LogP contribution >= 0.6 is 0 Å². The minimum atomic E-state index is -1.14. The van der Waals surface area contributed by atoms with Gasteiger partial charge in [-0.3, -0.25) is 24.0 Å². The van der Waals surface area contributed by atoms with Gasteiger partial charge >= 0.3 is 5.97 Å². The summed E-state index contributed by atoms with van der Waals surface area (Å²) in [6.07, 6.45) is 1.65. The normalized spacial score (nSPS) is 10.4. The number of nitrogens with zero attached hydrogens (tertiary/aromatic N) is 1. The van der Waals surface area contributed by atoms with Gasteiger partial charge in [0, 0.05) is 29.4 Å². The molecule has 0 aliphatic heterocycles. The van der Waals surface area contributed by atoms with Gasteiger partial charge in [0.2, 0.25) is 5.91 Å². The lowest BCUT2D eigenvalue weighted by Gasteiger charge is -2.17. The van der Waals surface area contributed by atoms with Crippen LogP contribution in [0.4, 0.5) is 22.7 Å². The molecule has 5 rings (SSSR count). The highest BCUT2D eigenvalue weighted by atomic mass is 16.5. The predicted molar refractivity (Wildman–Crippen MR) is 228 cm³/mol. The Hall–Kier alpha value is -8.85. The Morgan fingerprint density at radius 2 is 1.10 bits per heavy atom. The largest absolute Gasteiger partial charge is 0.508 e. The first-order chi connectivity index (χ1) is 29.6. The number of phenols is 3. The van der Waals surface area contributed by atoms with Crippen molar-refractivity contribution in [3.05, 3.63) is 130 Å². The quantitative estimate of drug-likeness (QED) is 0.0584. The Morgan fingerprint density at radius 1 is 0.629 bits per heavy atom. The zero-order chi connectivity index (χ0) is 45.5. The molecule has 18 heteroatoms. The molecule has 318 valence electrons. The highest BCUT2D eigenvalue weighted by molar-refractivity contribution is 6.11. The third-order valence-corrected chi connectivity index (χ3v) is 8.52. The SMILES string of the molecule is CC#N.COc1c(NC(=O)CNC(=O)c2ccc(NC(=O)/C(C)=C/c3ccc(O)cc3)cc2)ccc(C(=O)Nc2ccc(C(=O)Nc3ccc(C(=O)O)cc3)c(O)c2OC)c1O. The van der Waals surface area contributed by atoms with E-state index in [1.54, 1.807) is 31.2 Å². The number of benzene rings is 5. The van der Waals surface area contributed by atoms with Gasteiger partial charge in [-0.05, 0) is 103 Å². The van der Waals surface area contributed by atoms with Crippen LogP contribution in [0, 0.1) is 11.3 Å². The van der Waals surface area contributed by atoms with E-state index < -0.39 is 47.6 Å². The number of carbonyl (C=O) groups is 6. The Balaban J connectivity index is 0.00000273. The van der Waals surface area contributed by atoms with Crippen molar-refractivity contribution in [1.29, 1.82) is 5.26 Å². The fraction of sp³-hybridized carbons (Fsp3) is 0.114. The Morgan fingerprint density at radius 3 is 1.60 bits per heavy atom. The van der Waals surface area contributed by atoms with Crippen molar-refractivity contribution in [3.8, 4) is 34.8 Å². The summed E-state index contributed by atoms with van der Waals surface area (Å²) in [5.41, 5.74) is 1.39. The van der Waals surface area contributed by atoms with E-state index in [2.05, 4.69) is 26.6 Å². The predicted octanol–water partition coefficient (Wildman–Crippen LogP) is 5.96. The lowest BCUT2D eigenvalue weighted by atomic mass is 10.1. The van der Waals surface area contributed by atoms with E-state index in [4.69, 9.17) is 19.8 Å². The minimum absolute atomic E-state index is 0.00993. The number of nitrogens with one attached hydrogen (secondary N) is 5. The van der Waals surface area contributed by atoms with Crippen LogP contribution in [-0.4, -0.2) is 76.7 Å². The third kappa shape index (κ3) is 11.9. The summed E-state index contributed by atoms with van der Waals surface area (Å²) in [6, 6.07) is 24.3. The number of ether oxygens (including phenoxy) is 2. The highest BCUT2D eigenvalue weighted by Gasteiger charge is 2.24. The molecule has 0 atom stereocenters. The van der Waals surface area contributed by atoms with Crippen molar-refractivity contribution >= 4 is 64.3 Å². The molecule has 0 saturated carbocycles. The zero-order valence-electron chi connectivity index (χ0n) is 33.5. The summed E-state index contributed by atoms with van der Waals surface area (Å²) in [5.74, 6) is -6.17. The Kier molecular flexibility index (Phi) is 15.7. The second-order valence-corrected chi connectivity index (χ2v) is 12.8. The van der Waals surface area contributed by atoms with E-state index in [0.29, 0.717) is 11.3 Å². The summed E-state index contributed by atoms with van der Waals surface area (Å²) < 4.78 is 10.5. The second-order valence-electron chi connectivity index (χ2n) is 12.8. The molecule has 0 heterocycles. The van der Waals surface area contributed by atoms with Gasteiger partial charge in [-0.1, -0.05) is 12.1 Å². The third-order valence-electron chi connectivity index (χ3n) is 8.52. The van der Waals surface area contributed by atoms with Crippen molar-refractivity contribution in [2.75, 3.05) is 42.0 Å². The van der Waals surface area contributed by atoms with E-state index in [9.17, 15) is 44.1 Å². The molecule has 0 aliphatic rings. The van der Waals surface area contributed by atoms with Crippen molar-refractivity contribution in [2.45, 2.75) is 13.8 Å². The maximum absolute atomic E-state index is 13.3. The minimum Gasteiger partial charge on any atom is -0.508 e. The molecule has 0 aliphatic carbocycles. The van der Waals surface area contributed by atoms with E-state index in [1.165, 1.54) is 106 Å². The average molecular weight is 845 g/mol. The lowest BCUT2D eigenvalue weighted by Crippen LogP contribution is -2.33. The Bertz CT molecular complexity index is 2570. The van der Waals surface area contributed by atoms with Gasteiger partial charge in [0.05, 0.1) is 54.9 Å². The van der Waals surface area contributed by atoms with Crippen LogP contribution in [0.25, 0.3) is 6.08 Å². The molecule has 0 unspecified atom stereocenters. The van der Waals surface area contributed by atoms with Crippen molar-refractivity contribution in [1.82, 2.24) is 5.32 Å². The first-order valence-corrected chi connectivity index (χ1v) is 18.1. The molecule has 18 nitrogen and oxygen atoms in total. The van der Waals surface area contributed by atoms with Crippen LogP contribution in [0.3, 0.4) is 0 Å². The number of carboxylic acid groups (broad SMARTS) is 1. The molecule has 9 N–H and O–H groups in total. The molecule has 0 aromatic heterocycles. The van der Waals surface area contributed by atoms with E-state index in [1.807, 2.05) is 0 Å². The number of aromatic hydroxyl groups is 3. The number of phenolic OH excluding ortho intramolecular Hbond substituents is 3. The van der Waals surface area contributed by atoms with Gasteiger partial charge in [0.25, 0.3) is 23.6 Å². The molecule has 0 fully saturated rings. The van der Waals surface area contributed by atoms with Crippen LogP contribution in [0.2, 0.25) is 0 Å². The number of rotatable bonds is 14. The first kappa shape index (κ1) is 45.8. The summed E-state index contributed by atoms with van der Waals surface area (Å²) in [7, 11) is 2.39. The number of hydrogen-bond acceptors (Lipinski definition) is 12. The monoisotopic (exact) mass is 844 g/mol. The van der Waals surface area contributed by atoms with Gasteiger partial charge in [0.1, 0.15) is 5.75 Å². The fourth-order valence-electron chi connectivity index (χ4n) is 5.48. The van der Waals surface area contributed by atoms with Crippen molar-refractivity contribution in [3.63, 3.8) is 0 Å². The number of nitriles is 1. The molecule has 0 saturated heterocycles. The number of hydrogen-bond donors (Lipinski definition) is 9. The molecule has 0 radical (unpaired) electrons. The van der Waals surface area contributed by atoms with Crippen molar-refractivity contribution in [2.24, 2.45) is 0 Å². The van der Waals surface area contributed by atoms with Crippen LogP contribution in [0.5, 0.6) is 28.7 Å². The first-order valence-electron chi connectivity index (χ1n) is 18.1. The lowest BCUT2D eigenvalue weighted by molar-refractivity contribution is -0.115. The topological polar surface area (TPSA) is 286 Å². The number of carbonyl (C=O) groups excluding carboxylic acids is 5. The van der Waals surface area contributed by atoms with Crippen LogP contribution in [0.15, 0.2) is 103 Å². The number of carboxylic acids is 1. The highest BCUT2D eigenvalue weighted by Crippen LogP contribution is 2.40. The van der Waals surface area contributed by atoms with Gasteiger partial charge in [0.15, 0.2) is 23.0 Å². The average Bonchev–Trinajstić information content (AvgIpc) is 3.24. The molecular weight excluding hydrogens is 805 g/mol. The molecule has 5 aromatic rings. The molecule has 5 aromatic carbocycles. The molecular formula is C44H40N6O12. The van der Waals surface area contributed by atoms with Gasteiger partial charge in [-0.2, -0.15) is 5.26 Å². The van der Waals surface area contributed by atoms with Gasteiger partial charge < -0.3 is 56.5 Å². The number of aromatic carboxylic acids is 1. The van der Waals surface area contributed by atoms with E-state index in [-0.39, 0.29) is 62.5 Å². The number of methoxy groups -OCH3 is 2. The van der Waals surface area contributed by atoms with Gasteiger partial charge in [-0.15, -0.1) is 0 Å². The van der Waals surface area contributed by atoms with Crippen LogP contribution < -0.4 is 36.1 Å². The summed E-state index contributed by atoms with van der Waals surface area (Å²) >= 11 is 0. The van der Waals surface area contributed by atoms with Crippen LogP contribution in [0.1, 0.15) is 60.8 Å². The van der Waals surface area contributed by atoms with Gasteiger partial charge in [-0.25, -0.2) is 4.79 Å². The molecule has 62 heavy (non-hydrogen) atoms. The molecule has 0 spiro atoms. The fourth-order valence-corrected chi connectivity index (χ4v) is 5.48. The van der Waals surface area contributed by atoms with Crippen molar-refractivity contribution < 1.29 is 58.7 Å². The maximum atomic E-state index is 13.3. The number of amides is 5. The smallest absolute Gasteiger partial charge is 0.335 e. The van der Waals surface area contributed by atoms with Crippen LogP contribution in [-0.2, 0) is 9.59 Å². The summed E-state index contributed by atoms with van der Waals surface area (Å²) in [5, 5.41) is 60.3. The maximum Gasteiger partial charge on any atom is 0.335 e. The summed E-state index contributed by atoms with van der Waals surface area (Å²) in [6.45, 7) is 2.57. The molecule has 5 amide bonds. The van der Waals surface area contributed by atoms with E-state index in [0.717, 1.165) is 5.56 Å². The zero-order valence-corrected chi connectivity index (χ0v) is 33.5. The number of anilines is 4. The van der Waals surface area contributed by atoms with E-state index >= 15 is 0 Å². The second kappa shape index (κ2) is 21.2. The Labute approximate surface area is 354 Å². The summed E-state index contributed by atoms with van der Waals surface area (Å²) in [4.78, 5) is 75.5. The standard InChI is InChI=1S/C42H37N5O12.C2H3N/c1-22(20-23-4-14-28(48)15-5-23)38(52)44-26-10-6-24(7-11-26)39(53)43-21-33(49)46-31-18-16-30(35(51)36(31)58-2)41(55)47-32-19-17-29(34(50)37(32)59-3)40(54)45-27-12-8-25(9-13-27)42(56)57;1-2-3/h4-20,48,50-51H,21H2,1-3H3,(H,43,53)(H,44,52)(H,45,54)(H,46,49)(H,47,55)(H,56,57);1H3/b22-20+;. The molecule has 0 bridgehead atoms.